The van der Waals surface area contributed by atoms with E-state index >= 15 is 0 Å². The van der Waals surface area contributed by atoms with Gasteiger partial charge in [-0.15, -0.1) is 0 Å². The topological polar surface area (TPSA) is 86.9 Å². The zero-order valence-electron chi connectivity index (χ0n) is 10.3. The second kappa shape index (κ2) is 4.33. The molecule has 0 bridgehead atoms. The SMILES string of the molecule is Cn1c(=O)oc2ccc(-c3cc(CN)ncn3)cc21. The van der Waals surface area contributed by atoms with Crippen molar-refractivity contribution in [3.05, 3.63) is 46.8 Å². The highest BCUT2D eigenvalue weighted by molar-refractivity contribution is 5.79. The van der Waals surface area contributed by atoms with E-state index < -0.39 is 0 Å². The van der Waals surface area contributed by atoms with E-state index in [0.29, 0.717) is 12.1 Å². The van der Waals surface area contributed by atoms with Gasteiger partial charge < -0.3 is 10.2 Å². The molecule has 0 radical (unpaired) electrons. The van der Waals surface area contributed by atoms with Gasteiger partial charge in [-0.05, 0) is 24.3 Å². The Morgan fingerprint density at radius 3 is 2.95 bits per heavy atom. The summed E-state index contributed by atoms with van der Waals surface area (Å²) in [6.07, 6.45) is 1.48. The summed E-state index contributed by atoms with van der Waals surface area (Å²) in [5.74, 6) is -0.377. The molecule has 1 aromatic carbocycles. The Balaban J connectivity index is 2.19. The van der Waals surface area contributed by atoms with Crippen molar-refractivity contribution in [2.45, 2.75) is 6.54 Å². The first-order chi connectivity index (χ1) is 9.19. The number of benzene rings is 1. The Hall–Kier alpha value is -2.47. The van der Waals surface area contributed by atoms with Crippen LogP contribution in [-0.2, 0) is 13.6 Å². The van der Waals surface area contributed by atoms with Crippen LogP contribution in [0.3, 0.4) is 0 Å². The summed E-state index contributed by atoms with van der Waals surface area (Å²) in [6.45, 7) is 0.363. The lowest BCUT2D eigenvalue weighted by Gasteiger charge is -2.02. The maximum absolute atomic E-state index is 11.4. The Labute approximate surface area is 108 Å². The van der Waals surface area contributed by atoms with Crippen LogP contribution in [0, 0.1) is 0 Å². The van der Waals surface area contributed by atoms with Crippen molar-refractivity contribution in [1.29, 1.82) is 0 Å². The highest BCUT2D eigenvalue weighted by Gasteiger charge is 2.08. The molecule has 6 heteroatoms. The third-order valence-corrected chi connectivity index (χ3v) is 3.02. The summed E-state index contributed by atoms with van der Waals surface area (Å²) in [6, 6.07) is 7.31. The predicted molar refractivity (Wildman–Crippen MR) is 70.4 cm³/mol. The van der Waals surface area contributed by atoms with Crippen molar-refractivity contribution in [1.82, 2.24) is 14.5 Å². The quantitative estimate of drug-likeness (QED) is 0.740. The van der Waals surface area contributed by atoms with Gasteiger partial charge in [0.15, 0.2) is 5.58 Å². The minimum Gasteiger partial charge on any atom is -0.408 e. The number of hydrogen-bond donors (Lipinski definition) is 1. The molecule has 0 saturated carbocycles. The number of nitrogens with zero attached hydrogens (tertiary/aromatic N) is 3. The molecule has 0 unspecified atom stereocenters. The summed E-state index contributed by atoms with van der Waals surface area (Å²) >= 11 is 0. The fourth-order valence-corrected chi connectivity index (χ4v) is 1.95. The summed E-state index contributed by atoms with van der Waals surface area (Å²) in [5, 5.41) is 0. The number of fused-ring (bicyclic) bond motifs is 1. The lowest BCUT2D eigenvalue weighted by atomic mass is 10.1. The molecule has 96 valence electrons. The van der Waals surface area contributed by atoms with Gasteiger partial charge in [-0.3, -0.25) is 4.57 Å². The van der Waals surface area contributed by atoms with Gasteiger partial charge >= 0.3 is 5.76 Å². The van der Waals surface area contributed by atoms with Crippen molar-refractivity contribution in [3.8, 4) is 11.3 Å². The Morgan fingerprint density at radius 2 is 2.16 bits per heavy atom. The number of nitrogens with two attached hydrogens (primary N) is 1. The molecule has 0 aliphatic rings. The number of oxazole rings is 1. The second-order valence-corrected chi connectivity index (χ2v) is 4.21. The van der Waals surface area contributed by atoms with E-state index in [4.69, 9.17) is 10.2 Å². The van der Waals surface area contributed by atoms with Crippen molar-refractivity contribution in [2.24, 2.45) is 12.8 Å². The zero-order valence-corrected chi connectivity index (χ0v) is 10.3. The van der Waals surface area contributed by atoms with Crippen LogP contribution in [0.25, 0.3) is 22.4 Å². The Bertz CT molecular complexity index is 804. The molecular weight excluding hydrogens is 244 g/mol. The third kappa shape index (κ3) is 1.92. The lowest BCUT2D eigenvalue weighted by Crippen LogP contribution is -2.08. The van der Waals surface area contributed by atoms with Crippen molar-refractivity contribution in [2.75, 3.05) is 0 Å². The van der Waals surface area contributed by atoms with Gasteiger partial charge in [0.05, 0.1) is 16.9 Å². The molecule has 2 aromatic heterocycles. The maximum Gasteiger partial charge on any atom is 0.419 e. The zero-order chi connectivity index (χ0) is 13.4. The van der Waals surface area contributed by atoms with E-state index in [1.54, 1.807) is 13.1 Å². The normalized spacial score (nSPS) is 11.1. The molecule has 0 amide bonds. The first kappa shape index (κ1) is 11.6. The predicted octanol–water partition coefficient (Wildman–Crippen LogP) is 1.05. The molecule has 2 N–H and O–H groups in total. The molecule has 0 aliphatic carbocycles. The van der Waals surface area contributed by atoms with Crippen LogP contribution < -0.4 is 11.5 Å². The van der Waals surface area contributed by atoms with Crippen LogP contribution in [0.15, 0.2) is 39.8 Å². The first-order valence-corrected chi connectivity index (χ1v) is 5.80. The van der Waals surface area contributed by atoms with Crippen molar-refractivity contribution in [3.63, 3.8) is 0 Å². The van der Waals surface area contributed by atoms with Gasteiger partial charge in [0, 0.05) is 19.2 Å². The molecule has 6 nitrogen and oxygen atoms in total. The number of aryl methyl sites for hydroxylation is 1. The minimum atomic E-state index is -0.377. The lowest BCUT2D eigenvalue weighted by molar-refractivity contribution is 0.528. The Morgan fingerprint density at radius 1 is 1.32 bits per heavy atom. The smallest absolute Gasteiger partial charge is 0.408 e. The van der Waals surface area contributed by atoms with Crippen LogP contribution in [0.4, 0.5) is 0 Å². The summed E-state index contributed by atoms with van der Waals surface area (Å²) in [4.78, 5) is 19.7. The molecule has 3 rings (SSSR count). The van der Waals surface area contributed by atoms with Gasteiger partial charge in [-0.25, -0.2) is 14.8 Å². The molecule has 2 heterocycles. The van der Waals surface area contributed by atoms with E-state index in [1.807, 2.05) is 18.2 Å². The van der Waals surface area contributed by atoms with E-state index in [2.05, 4.69) is 9.97 Å². The van der Waals surface area contributed by atoms with Crippen molar-refractivity contribution >= 4 is 11.1 Å². The van der Waals surface area contributed by atoms with Gasteiger partial charge in [0.1, 0.15) is 6.33 Å². The van der Waals surface area contributed by atoms with E-state index in [9.17, 15) is 4.79 Å². The molecule has 0 fully saturated rings. The maximum atomic E-state index is 11.4. The van der Waals surface area contributed by atoms with Crippen LogP contribution >= 0.6 is 0 Å². The van der Waals surface area contributed by atoms with E-state index in [0.717, 1.165) is 22.5 Å². The molecule has 3 aromatic rings. The van der Waals surface area contributed by atoms with Gasteiger partial charge in [0.2, 0.25) is 0 Å². The van der Waals surface area contributed by atoms with E-state index in [1.165, 1.54) is 10.9 Å². The van der Waals surface area contributed by atoms with Crippen LogP contribution in [0.5, 0.6) is 0 Å². The van der Waals surface area contributed by atoms with E-state index in [-0.39, 0.29) is 5.76 Å². The molecular formula is C13H12N4O2. The number of aromatic nitrogens is 3. The van der Waals surface area contributed by atoms with Gasteiger partial charge in [-0.1, -0.05) is 0 Å². The summed E-state index contributed by atoms with van der Waals surface area (Å²) in [5.41, 5.74) is 9.28. The molecule has 0 saturated heterocycles. The van der Waals surface area contributed by atoms with Crippen LogP contribution in [0.1, 0.15) is 5.69 Å². The summed E-state index contributed by atoms with van der Waals surface area (Å²) in [7, 11) is 1.67. The Kier molecular flexibility index (Phi) is 2.64. The number of rotatable bonds is 2. The second-order valence-electron chi connectivity index (χ2n) is 4.21. The average molecular weight is 256 g/mol. The fraction of sp³-hybridized carbons (Fsp3) is 0.154. The molecule has 0 spiro atoms. The fourth-order valence-electron chi connectivity index (χ4n) is 1.95. The van der Waals surface area contributed by atoms with Crippen molar-refractivity contribution < 1.29 is 4.42 Å². The average Bonchev–Trinajstić information content (AvgIpc) is 2.74. The third-order valence-electron chi connectivity index (χ3n) is 3.02. The standard InChI is InChI=1S/C13H12N4O2/c1-17-11-4-8(2-3-12(11)19-13(17)18)10-5-9(6-14)15-7-16-10/h2-5,7H,6,14H2,1H3. The van der Waals surface area contributed by atoms with Crippen LogP contribution in [0.2, 0.25) is 0 Å². The molecule has 19 heavy (non-hydrogen) atoms. The monoisotopic (exact) mass is 256 g/mol. The number of hydrogen-bond acceptors (Lipinski definition) is 5. The molecule has 0 atom stereocenters. The first-order valence-electron chi connectivity index (χ1n) is 5.80. The highest BCUT2D eigenvalue weighted by Crippen LogP contribution is 2.22. The minimum absolute atomic E-state index is 0.363. The van der Waals surface area contributed by atoms with Crippen LogP contribution in [-0.4, -0.2) is 14.5 Å². The van der Waals surface area contributed by atoms with Gasteiger partial charge in [-0.2, -0.15) is 0 Å². The summed E-state index contributed by atoms with van der Waals surface area (Å²) < 4.78 is 6.55. The van der Waals surface area contributed by atoms with Gasteiger partial charge in [0.25, 0.3) is 0 Å². The highest BCUT2D eigenvalue weighted by atomic mass is 16.4. The largest absolute Gasteiger partial charge is 0.419 e. The molecule has 0 aliphatic heterocycles.